The maximum absolute atomic E-state index is 13.8. The molecule has 2 aromatic carbocycles. The molecule has 0 aliphatic heterocycles. The molecule has 0 fully saturated rings. The van der Waals surface area contributed by atoms with Crippen molar-refractivity contribution >= 4 is 23.5 Å². The number of amides is 2. The molecule has 0 heterocycles. The van der Waals surface area contributed by atoms with Crippen LogP contribution >= 0.6 is 0 Å². The first-order chi connectivity index (χ1) is 13.7. The summed E-state index contributed by atoms with van der Waals surface area (Å²) < 4.78 is 32.1. The monoisotopic (exact) mass is 404 g/mol. The molecule has 2 amide bonds. The SMILES string of the molecule is CC(C)[C@H](NC(=O)c1ccccc1F)C(=O)O[C@@H](C)C(=O)Nc1cccc(F)c1. The Labute approximate surface area is 167 Å². The highest BCUT2D eigenvalue weighted by molar-refractivity contribution is 5.98. The lowest BCUT2D eigenvalue weighted by Gasteiger charge is -2.23. The van der Waals surface area contributed by atoms with E-state index in [4.69, 9.17) is 4.74 Å². The predicted octanol–water partition coefficient (Wildman–Crippen LogP) is 3.29. The molecular weight excluding hydrogens is 382 g/mol. The zero-order chi connectivity index (χ0) is 21.6. The second kappa shape index (κ2) is 9.77. The van der Waals surface area contributed by atoms with E-state index in [1.54, 1.807) is 13.8 Å². The molecule has 0 bridgehead atoms. The molecule has 2 atom stereocenters. The van der Waals surface area contributed by atoms with E-state index in [-0.39, 0.29) is 17.2 Å². The van der Waals surface area contributed by atoms with E-state index in [0.717, 1.165) is 12.1 Å². The number of ether oxygens (including phenoxy) is 1. The maximum Gasteiger partial charge on any atom is 0.329 e. The average molecular weight is 404 g/mol. The fourth-order valence-corrected chi connectivity index (χ4v) is 2.47. The van der Waals surface area contributed by atoms with Crippen molar-refractivity contribution in [3.8, 4) is 0 Å². The molecule has 0 saturated heterocycles. The fraction of sp³-hybridized carbons (Fsp3) is 0.286. The second-order valence-corrected chi connectivity index (χ2v) is 6.75. The molecule has 0 radical (unpaired) electrons. The lowest BCUT2D eigenvalue weighted by atomic mass is 10.0. The molecule has 0 unspecified atom stereocenters. The van der Waals surface area contributed by atoms with Gasteiger partial charge in [0.25, 0.3) is 11.8 Å². The van der Waals surface area contributed by atoms with Gasteiger partial charge in [-0.3, -0.25) is 9.59 Å². The van der Waals surface area contributed by atoms with Gasteiger partial charge in [0.2, 0.25) is 0 Å². The maximum atomic E-state index is 13.8. The van der Waals surface area contributed by atoms with Crippen molar-refractivity contribution in [2.75, 3.05) is 5.32 Å². The van der Waals surface area contributed by atoms with Crippen LogP contribution in [0.4, 0.5) is 14.5 Å². The molecular formula is C21H22F2N2O4. The van der Waals surface area contributed by atoms with E-state index < -0.39 is 41.6 Å². The number of anilines is 1. The molecule has 2 rings (SSSR count). The summed E-state index contributed by atoms with van der Waals surface area (Å²) in [6.45, 7) is 4.69. The minimum atomic E-state index is -1.20. The number of esters is 1. The van der Waals surface area contributed by atoms with Gasteiger partial charge < -0.3 is 15.4 Å². The first-order valence-electron chi connectivity index (χ1n) is 9.01. The highest BCUT2D eigenvalue weighted by atomic mass is 19.1. The van der Waals surface area contributed by atoms with Crippen molar-refractivity contribution in [1.82, 2.24) is 5.32 Å². The van der Waals surface area contributed by atoms with Gasteiger partial charge in [0.1, 0.15) is 17.7 Å². The summed E-state index contributed by atoms with van der Waals surface area (Å²) in [4.78, 5) is 37.0. The fourth-order valence-electron chi connectivity index (χ4n) is 2.47. The van der Waals surface area contributed by atoms with Crippen LogP contribution in [0.25, 0.3) is 0 Å². The molecule has 0 spiro atoms. The summed E-state index contributed by atoms with van der Waals surface area (Å²) in [5, 5.41) is 4.88. The molecule has 0 aliphatic carbocycles. The van der Waals surface area contributed by atoms with E-state index in [0.29, 0.717) is 0 Å². The predicted molar refractivity (Wildman–Crippen MR) is 103 cm³/mol. The van der Waals surface area contributed by atoms with E-state index in [1.807, 2.05) is 0 Å². The van der Waals surface area contributed by atoms with Crippen molar-refractivity contribution in [1.29, 1.82) is 0 Å². The van der Waals surface area contributed by atoms with Crippen molar-refractivity contribution in [3.63, 3.8) is 0 Å². The molecule has 8 heteroatoms. The Hall–Kier alpha value is -3.29. The zero-order valence-electron chi connectivity index (χ0n) is 16.2. The molecule has 6 nitrogen and oxygen atoms in total. The quantitative estimate of drug-likeness (QED) is 0.694. The largest absolute Gasteiger partial charge is 0.451 e. The summed E-state index contributed by atoms with van der Waals surface area (Å²) in [6, 6.07) is 9.54. The van der Waals surface area contributed by atoms with Crippen molar-refractivity contribution in [3.05, 3.63) is 65.7 Å². The Balaban J connectivity index is 2.02. The number of halogens is 2. The average Bonchev–Trinajstić information content (AvgIpc) is 2.65. The highest BCUT2D eigenvalue weighted by Gasteiger charge is 2.29. The molecule has 154 valence electrons. The standard InChI is InChI=1S/C21H22F2N2O4/c1-12(2)18(25-20(27)16-9-4-5-10-17(16)23)21(28)29-13(3)19(26)24-15-8-6-7-14(22)11-15/h4-13,18H,1-3H3,(H,24,26)(H,25,27)/t13-,18-/m0/s1. The van der Waals surface area contributed by atoms with Crippen LogP contribution in [0.3, 0.4) is 0 Å². The van der Waals surface area contributed by atoms with Crippen LogP contribution in [-0.4, -0.2) is 29.9 Å². The van der Waals surface area contributed by atoms with Crippen LogP contribution in [0, 0.1) is 17.6 Å². The van der Waals surface area contributed by atoms with Crippen LogP contribution in [-0.2, 0) is 14.3 Å². The smallest absolute Gasteiger partial charge is 0.329 e. The molecule has 0 aromatic heterocycles. The van der Waals surface area contributed by atoms with Crippen LogP contribution in [0.15, 0.2) is 48.5 Å². The number of carbonyl (C=O) groups excluding carboxylic acids is 3. The van der Waals surface area contributed by atoms with Crippen molar-refractivity contribution < 1.29 is 27.9 Å². The van der Waals surface area contributed by atoms with Gasteiger partial charge in [-0.1, -0.05) is 32.0 Å². The van der Waals surface area contributed by atoms with E-state index in [1.165, 1.54) is 43.3 Å². The van der Waals surface area contributed by atoms with E-state index in [9.17, 15) is 23.2 Å². The second-order valence-electron chi connectivity index (χ2n) is 6.75. The van der Waals surface area contributed by atoms with E-state index in [2.05, 4.69) is 10.6 Å². The van der Waals surface area contributed by atoms with Gasteiger partial charge >= 0.3 is 5.97 Å². The molecule has 0 aliphatic rings. The van der Waals surface area contributed by atoms with Gasteiger partial charge in [-0.05, 0) is 43.2 Å². The molecule has 2 aromatic rings. The Kier molecular flexibility index (Phi) is 7.41. The summed E-state index contributed by atoms with van der Waals surface area (Å²) in [5.41, 5.74) is 0.00834. The van der Waals surface area contributed by atoms with Gasteiger partial charge in [-0.2, -0.15) is 0 Å². The van der Waals surface area contributed by atoms with Gasteiger partial charge in [0.05, 0.1) is 5.56 Å². The van der Waals surface area contributed by atoms with Gasteiger partial charge in [0.15, 0.2) is 6.10 Å². The molecule has 2 N–H and O–H groups in total. The molecule has 0 saturated carbocycles. The van der Waals surface area contributed by atoms with Crippen LogP contribution in [0.5, 0.6) is 0 Å². The third kappa shape index (κ3) is 6.10. The topological polar surface area (TPSA) is 84.5 Å². The Morgan fingerprint density at radius 1 is 0.966 bits per heavy atom. The summed E-state index contributed by atoms with van der Waals surface area (Å²) >= 11 is 0. The van der Waals surface area contributed by atoms with Gasteiger partial charge in [0, 0.05) is 5.69 Å². The minimum Gasteiger partial charge on any atom is -0.451 e. The Morgan fingerprint density at radius 2 is 1.66 bits per heavy atom. The van der Waals surface area contributed by atoms with Crippen LogP contribution in [0.2, 0.25) is 0 Å². The zero-order valence-corrected chi connectivity index (χ0v) is 16.2. The third-order valence-electron chi connectivity index (χ3n) is 4.08. The summed E-state index contributed by atoms with van der Waals surface area (Å²) in [6.07, 6.45) is -1.20. The highest BCUT2D eigenvalue weighted by Crippen LogP contribution is 2.13. The van der Waals surface area contributed by atoms with Gasteiger partial charge in [-0.15, -0.1) is 0 Å². The van der Waals surface area contributed by atoms with Crippen molar-refractivity contribution in [2.24, 2.45) is 5.92 Å². The normalized spacial score (nSPS) is 12.8. The van der Waals surface area contributed by atoms with Crippen LogP contribution < -0.4 is 10.6 Å². The summed E-state index contributed by atoms with van der Waals surface area (Å²) in [7, 11) is 0. The number of hydrogen-bond donors (Lipinski definition) is 2. The lowest BCUT2D eigenvalue weighted by molar-refractivity contribution is -0.156. The Bertz CT molecular complexity index is 902. The van der Waals surface area contributed by atoms with Gasteiger partial charge in [-0.25, -0.2) is 13.6 Å². The van der Waals surface area contributed by atoms with Crippen molar-refractivity contribution in [2.45, 2.75) is 32.9 Å². The van der Waals surface area contributed by atoms with Crippen LogP contribution in [0.1, 0.15) is 31.1 Å². The number of hydrogen-bond acceptors (Lipinski definition) is 4. The first-order valence-corrected chi connectivity index (χ1v) is 9.01. The third-order valence-corrected chi connectivity index (χ3v) is 4.08. The number of nitrogens with one attached hydrogen (secondary N) is 2. The Morgan fingerprint density at radius 3 is 2.28 bits per heavy atom. The number of carbonyl (C=O) groups is 3. The number of benzene rings is 2. The first kappa shape index (κ1) is 22.0. The number of rotatable bonds is 7. The molecule has 29 heavy (non-hydrogen) atoms. The minimum absolute atomic E-state index is 0.206. The summed E-state index contributed by atoms with van der Waals surface area (Å²) in [5.74, 6) is -3.89. The van der Waals surface area contributed by atoms with E-state index >= 15 is 0 Å². The lowest BCUT2D eigenvalue weighted by Crippen LogP contribution is -2.47.